The number of H-pyrrole nitrogens is 1. The maximum absolute atomic E-state index is 12.3. The number of nitrogens with one attached hydrogen (secondary N) is 1. The molecular weight excluding hydrogens is 298 g/mol. The summed E-state index contributed by atoms with van der Waals surface area (Å²) in [4.78, 5) is 4.35. The highest BCUT2D eigenvalue weighted by Crippen LogP contribution is 2.37. The fourth-order valence-corrected chi connectivity index (χ4v) is 3.25. The third kappa shape index (κ3) is 2.71. The summed E-state index contributed by atoms with van der Waals surface area (Å²) in [5, 5.41) is 11.6. The Morgan fingerprint density at radius 3 is 2.77 bits per heavy atom. The minimum atomic E-state index is -1.22. The zero-order valence-electron chi connectivity index (χ0n) is 11.8. The molecule has 0 bridgehead atoms. The van der Waals surface area contributed by atoms with Gasteiger partial charge in [0.1, 0.15) is 5.82 Å². The lowest BCUT2D eigenvalue weighted by atomic mass is 10.2. The third-order valence-corrected chi connectivity index (χ3v) is 4.84. The van der Waals surface area contributed by atoms with Gasteiger partial charge < -0.3 is 0 Å². The van der Waals surface area contributed by atoms with Crippen molar-refractivity contribution in [1.29, 1.82) is 0 Å². The SMILES string of the molecule is O=S(Cc1ccc(-n2cccn2)cc1)c1n[nH]c(C2CC2)n1. The normalized spacial score (nSPS) is 15.8. The van der Waals surface area contributed by atoms with Crippen molar-refractivity contribution in [3.63, 3.8) is 0 Å². The monoisotopic (exact) mass is 313 g/mol. The van der Waals surface area contributed by atoms with Gasteiger partial charge in [-0.25, -0.2) is 9.67 Å². The highest BCUT2D eigenvalue weighted by Gasteiger charge is 2.27. The number of hydrogen-bond donors (Lipinski definition) is 1. The fourth-order valence-electron chi connectivity index (χ4n) is 2.28. The Bertz CT molecular complexity index is 790. The van der Waals surface area contributed by atoms with E-state index in [9.17, 15) is 4.21 Å². The van der Waals surface area contributed by atoms with Crippen LogP contribution in [0.4, 0.5) is 0 Å². The van der Waals surface area contributed by atoms with Crippen molar-refractivity contribution >= 4 is 10.8 Å². The third-order valence-electron chi connectivity index (χ3n) is 3.65. The molecule has 1 atom stereocenters. The lowest BCUT2D eigenvalue weighted by Crippen LogP contribution is -2.00. The van der Waals surface area contributed by atoms with Crippen LogP contribution in [0.25, 0.3) is 5.69 Å². The van der Waals surface area contributed by atoms with Crippen molar-refractivity contribution in [2.24, 2.45) is 0 Å². The summed E-state index contributed by atoms with van der Waals surface area (Å²) in [6, 6.07) is 9.73. The number of benzene rings is 1. The molecule has 7 heteroatoms. The quantitative estimate of drug-likeness (QED) is 0.783. The number of aromatic nitrogens is 5. The average molecular weight is 313 g/mol. The Balaban J connectivity index is 1.46. The molecule has 3 aromatic rings. The highest BCUT2D eigenvalue weighted by molar-refractivity contribution is 7.84. The van der Waals surface area contributed by atoms with Crippen LogP contribution in [0.1, 0.15) is 30.1 Å². The van der Waals surface area contributed by atoms with E-state index in [-0.39, 0.29) is 0 Å². The summed E-state index contributed by atoms with van der Waals surface area (Å²) in [5.41, 5.74) is 1.97. The van der Waals surface area contributed by atoms with Gasteiger partial charge in [-0.2, -0.15) is 5.10 Å². The summed E-state index contributed by atoms with van der Waals surface area (Å²) in [7, 11) is -1.22. The number of aromatic amines is 1. The van der Waals surface area contributed by atoms with Gasteiger partial charge in [-0.05, 0) is 36.6 Å². The average Bonchev–Trinajstić information content (AvgIpc) is 3.05. The molecule has 112 valence electrons. The van der Waals surface area contributed by atoms with Gasteiger partial charge in [0.05, 0.1) is 22.2 Å². The highest BCUT2D eigenvalue weighted by atomic mass is 32.2. The molecule has 1 fully saturated rings. The first-order chi connectivity index (χ1) is 10.8. The van der Waals surface area contributed by atoms with Gasteiger partial charge in [0.2, 0.25) is 5.16 Å². The van der Waals surface area contributed by atoms with Crippen LogP contribution in [-0.4, -0.2) is 29.2 Å². The van der Waals surface area contributed by atoms with Gasteiger partial charge in [-0.3, -0.25) is 9.31 Å². The predicted molar refractivity (Wildman–Crippen MR) is 82.0 cm³/mol. The topological polar surface area (TPSA) is 76.5 Å². The predicted octanol–water partition coefficient (Wildman–Crippen LogP) is 2.18. The molecule has 1 unspecified atom stereocenters. The Hall–Kier alpha value is -2.28. The van der Waals surface area contributed by atoms with E-state index in [0.29, 0.717) is 16.8 Å². The molecule has 0 amide bonds. The van der Waals surface area contributed by atoms with Crippen molar-refractivity contribution < 1.29 is 4.21 Å². The molecule has 4 rings (SSSR count). The second-order valence-corrected chi connectivity index (χ2v) is 6.73. The molecule has 0 saturated heterocycles. The van der Waals surface area contributed by atoms with Gasteiger partial charge in [0.25, 0.3) is 0 Å². The number of hydrogen-bond acceptors (Lipinski definition) is 4. The summed E-state index contributed by atoms with van der Waals surface area (Å²) >= 11 is 0. The van der Waals surface area contributed by atoms with Crippen LogP contribution >= 0.6 is 0 Å². The van der Waals surface area contributed by atoms with Crippen LogP contribution in [0.3, 0.4) is 0 Å². The van der Waals surface area contributed by atoms with Gasteiger partial charge in [0, 0.05) is 18.3 Å². The van der Waals surface area contributed by atoms with Gasteiger partial charge in [-0.15, -0.1) is 5.10 Å². The van der Waals surface area contributed by atoms with Crippen LogP contribution in [0.5, 0.6) is 0 Å². The molecule has 1 aliphatic carbocycles. The molecule has 22 heavy (non-hydrogen) atoms. The summed E-state index contributed by atoms with van der Waals surface area (Å²) in [6.45, 7) is 0. The molecule has 6 nitrogen and oxygen atoms in total. The van der Waals surface area contributed by atoms with Crippen LogP contribution in [0, 0.1) is 0 Å². The zero-order valence-corrected chi connectivity index (χ0v) is 12.7. The molecule has 2 aromatic heterocycles. The molecule has 0 aliphatic heterocycles. The molecule has 1 N–H and O–H groups in total. The largest absolute Gasteiger partial charge is 0.262 e. The van der Waals surface area contributed by atoms with Crippen molar-refractivity contribution in [2.75, 3.05) is 0 Å². The first kappa shape index (κ1) is 13.4. The summed E-state index contributed by atoms with van der Waals surface area (Å²) in [6.07, 6.45) is 5.93. The lowest BCUT2D eigenvalue weighted by molar-refractivity contribution is 0.675. The Morgan fingerprint density at radius 1 is 1.27 bits per heavy atom. The molecule has 0 radical (unpaired) electrons. The number of rotatable bonds is 5. The van der Waals surface area contributed by atoms with Crippen molar-refractivity contribution in [2.45, 2.75) is 29.7 Å². The zero-order chi connectivity index (χ0) is 14.9. The first-order valence-corrected chi connectivity index (χ1v) is 8.51. The minimum Gasteiger partial charge on any atom is -0.262 e. The van der Waals surface area contributed by atoms with E-state index in [1.165, 1.54) is 0 Å². The van der Waals surface area contributed by atoms with Crippen LogP contribution in [0.15, 0.2) is 47.9 Å². The summed E-state index contributed by atoms with van der Waals surface area (Å²) in [5.74, 6) is 1.78. The van der Waals surface area contributed by atoms with Crippen molar-refractivity contribution in [1.82, 2.24) is 25.0 Å². The molecular formula is C15H15N5OS. The van der Waals surface area contributed by atoms with Crippen LogP contribution < -0.4 is 0 Å². The maximum Gasteiger partial charge on any atom is 0.239 e. The molecule has 1 aromatic carbocycles. The summed E-state index contributed by atoms with van der Waals surface area (Å²) < 4.78 is 14.1. The second-order valence-electron chi connectivity index (χ2n) is 5.38. The van der Waals surface area contributed by atoms with E-state index in [4.69, 9.17) is 0 Å². The molecule has 0 spiro atoms. The van der Waals surface area contributed by atoms with Crippen LogP contribution in [-0.2, 0) is 16.6 Å². The smallest absolute Gasteiger partial charge is 0.239 e. The van der Waals surface area contributed by atoms with E-state index in [1.807, 2.05) is 36.5 Å². The van der Waals surface area contributed by atoms with Crippen LogP contribution in [0.2, 0.25) is 0 Å². The molecule has 1 aliphatic rings. The molecule has 1 saturated carbocycles. The number of nitrogens with zero attached hydrogens (tertiary/aromatic N) is 4. The Kier molecular flexibility index (Phi) is 3.34. The van der Waals surface area contributed by atoms with Crippen molar-refractivity contribution in [3.8, 4) is 5.69 Å². The maximum atomic E-state index is 12.3. The van der Waals surface area contributed by atoms with Gasteiger partial charge in [-0.1, -0.05) is 12.1 Å². The van der Waals surface area contributed by atoms with Crippen molar-refractivity contribution in [3.05, 3.63) is 54.1 Å². The Labute approximate surface area is 130 Å². The van der Waals surface area contributed by atoms with Gasteiger partial charge in [0.15, 0.2) is 0 Å². The van der Waals surface area contributed by atoms with E-state index in [0.717, 1.165) is 29.9 Å². The van der Waals surface area contributed by atoms with Gasteiger partial charge >= 0.3 is 0 Å². The van der Waals surface area contributed by atoms with E-state index >= 15 is 0 Å². The standard InChI is InChI=1S/C15H15N5OS/c21-22(15-17-14(18-19-15)12-4-5-12)10-11-2-6-13(7-3-11)20-9-1-8-16-20/h1-3,6-9,12H,4-5,10H2,(H,17,18,19). The Morgan fingerprint density at radius 2 is 2.09 bits per heavy atom. The fraction of sp³-hybridized carbons (Fsp3) is 0.267. The first-order valence-electron chi connectivity index (χ1n) is 7.19. The van der Waals surface area contributed by atoms with E-state index in [1.54, 1.807) is 10.9 Å². The molecule has 2 heterocycles. The minimum absolute atomic E-state index is 0.401. The second kappa shape index (κ2) is 5.49. The van der Waals surface area contributed by atoms with E-state index in [2.05, 4.69) is 20.3 Å². The van der Waals surface area contributed by atoms with E-state index < -0.39 is 10.8 Å². The lowest BCUT2D eigenvalue weighted by Gasteiger charge is -2.03.